The van der Waals surface area contributed by atoms with E-state index < -0.39 is 5.41 Å². The van der Waals surface area contributed by atoms with Crippen LogP contribution in [0.2, 0.25) is 0 Å². The Morgan fingerprint density at radius 1 is 0.630 bits per heavy atom. The predicted molar refractivity (Wildman–Crippen MR) is 196 cm³/mol. The highest BCUT2D eigenvalue weighted by molar-refractivity contribution is 5.57. The van der Waals surface area contributed by atoms with Crippen molar-refractivity contribution in [3.05, 3.63) is 113 Å². The second-order valence-corrected chi connectivity index (χ2v) is 13.7. The van der Waals surface area contributed by atoms with E-state index in [1.165, 1.54) is 22.3 Å². The van der Waals surface area contributed by atoms with Crippen LogP contribution in [-0.4, -0.2) is 15.3 Å². The highest BCUT2D eigenvalue weighted by Crippen LogP contribution is 2.45. The topological polar surface area (TPSA) is 69.9 Å². The number of phenols is 3. The zero-order valence-electron chi connectivity index (χ0n) is 29.7. The molecule has 0 saturated carbocycles. The van der Waals surface area contributed by atoms with Crippen LogP contribution in [0.4, 0.5) is 0 Å². The molecule has 4 heteroatoms. The molecule has 2 aromatic rings. The van der Waals surface area contributed by atoms with Gasteiger partial charge in [-0.05, 0) is 128 Å². The number of hydrogen-bond acceptors (Lipinski definition) is 4. The lowest BCUT2D eigenvalue weighted by atomic mass is 9.78. The first-order chi connectivity index (χ1) is 21.6. The Labute approximate surface area is 279 Å². The van der Waals surface area contributed by atoms with Crippen LogP contribution in [0.1, 0.15) is 118 Å². The van der Waals surface area contributed by atoms with Gasteiger partial charge in [0, 0.05) is 10.8 Å². The molecule has 0 unspecified atom stereocenters. The normalized spacial score (nSPS) is 14.5. The van der Waals surface area contributed by atoms with E-state index in [1.54, 1.807) is 24.3 Å². The van der Waals surface area contributed by atoms with Crippen LogP contribution in [0, 0.1) is 0 Å². The fourth-order valence-corrected chi connectivity index (χ4v) is 5.42. The van der Waals surface area contributed by atoms with E-state index in [0.717, 1.165) is 62.5 Å². The van der Waals surface area contributed by atoms with E-state index in [2.05, 4.69) is 92.9 Å². The Kier molecular flexibility index (Phi) is 14.7. The number of phenolic OH excluding ortho intramolecular Hbond substituents is 3. The van der Waals surface area contributed by atoms with Gasteiger partial charge in [0.1, 0.15) is 0 Å². The van der Waals surface area contributed by atoms with Gasteiger partial charge < -0.3 is 20.1 Å². The average Bonchev–Trinajstić information content (AvgIpc) is 2.99. The first-order valence-electron chi connectivity index (χ1n) is 16.6. The third-order valence-corrected chi connectivity index (χ3v) is 8.95. The maximum Gasteiger partial charge on any atom is 0.201 e. The van der Waals surface area contributed by atoms with Crippen molar-refractivity contribution in [3.8, 4) is 28.7 Å². The number of rotatable bonds is 18. The van der Waals surface area contributed by atoms with Crippen LogP contribution >= 0.6 is 0 Å². The Bertz CT molecular complexity index is 1460. The van der Waals surface area contributed by atoms with Gasteiger partial charge in [-0.15, -0.1) is 13.2 Å². The lowest BCUT2D eigenvalue weighted by molar-refractivity contribution is 0.359. The molecule has 0 radical (unpaired) electrons. The van der Waals surface area contributed by atoms with Crippen molar-refractivity contribution in [2.45, 2.75) is 118 Å². The molecule has 0 fully saturated rings. The fraction of sp³-hybridized carbons (Fsp3) is 0.429. The molecule has 0 amide bonds. The minimum Gasteiger partial charge on any atom is -0.504 e. The van der Waals surface area contributed by atoms with Crippen molar-refractivity contribution >= 4 is 0 Å². The quantitative estimate of drug-likeness (QED) is 0.114. The van der Waals surface area contributed by atoms with E-state index in [9.17, 15) is 15.3 Å². The minimum absolute atomic E-state index is 0.0523. The van der Waals surface area contributed by atoms with Crippen LogP contribution < -0.4 is 4.74 Å². The molecule has 0 aliphatic carbocycles. The Hall–Kier alpha value is -3.92. The molecule has 0 bridgehead atoms. The van der Waals surface area contributed by atoms with Crippen molar-refractivity contribution in [1.29, 1.82) is 0 Å². The lowest BCUT2D eigenvalue weighted by Gasteiger charge is -2.28. The Morgan fingerprint density at radius 2 is 1.11 bits per heavy atom. The molecular formula is C42H58O4. The summed E-state index contributed by atoms with van der Waals surface area (Å²) in [5, 5.41) is 32.4. The van der Waals surface area contributed by atoms with Gasteiger partial charge in [0.05, 0.1) is 0 Å². The zero-order valence-corrected chi connectivity index (χ0v) is 29.7. The zero-order chi connectivity index (χ0) is 34.5. The summed E-state index contributed by atoms with van der Waals surface area (Å²) in [6.07, 6.45) is 20.4. The largest absolute Gasteiger partial charge is 0.504 e. The van der Waals surface area contributed by atoms with E-state index >= 15 is 0 Å². The van der Waals surface area contributed by atoms with E-state index in [1.807, 2.05) is 18.2 Å². The molecule has 0 heterocycles. The molecule has 0 aromatic heterocycles. The molecule has 4 nitrogen and oxygen atoms in total. The summed E-state index contributed by atoms with van der Waals surface area (Å²) < 4.78 is 6.02. The van der Waals surface area contributed by atoms with Crippen LogP contribution in [0.25, 0.3) is 0 Å². The maximum atomic E-state index is 11.0. The summed E-state index contributed by atoms with van der Waals surface area (Å²) in [6, 6.07) is 8.60. The molecule has 2 atom stereocenters. The molecule has 250 valence electrons. The van der Waals surface area contributed by atoms with Crippen molar-refractivity contribution < 1.29 is 20.1 Å². The fourth-order valence-electron chi connectivity index (χ4n) is 5.42. The summed E-state index contributed by atoms with van der Waals surface area (Å²) in [5.74, 6) is -0.458. The predicted octanol–water partition coefficient (Wildman–Crippen LogP) is 12.4. The van der Waals surface area contributed by atoms with Gasteiger partial charge in [0.2, 0.25) is 5.75 Å². The summed E-state index contributed by atoms with van der Waals surface area (Å²) in [5.41, 5.74) is 6.25. The number of aromatic hydroxyl groups is 3. The molecule has 3 N–H and O–H groups in total. The van der Waals surface area contributed by atoms with Crippen molar-refractivity contribution in [1.82, 2.24) is 0 Å². The lowest BCUT2D eigenvalue weighted by Crippen LogP contribution is -2.18. The molecule has 0 spiro atoms. The third kappa shape index (κ3) is 11.5. The van der Waals surface area contributed by atoms with Crippen LogP contribution in [0.5, 0.6) is 28.7 Å². The van der Waals surface area contributed by atoms with Crippen LogP contribution in [-0.2, 0) is 10.8 Å². The van der Waals surface area contributed by atoms with Crippen molar-refractivity contribution in [2.75, 3.05) is 0 Å². The van der Waals surface area contributed by atoms with E-state index in [0.29, 0.717) is 0 Å². The number of benzene rings is 2. The monoisotopic (exact) mass is 626 g/mol. The molecule has 2 aromatic carbocycles. The summed E-state index contributed by atoms with van der Waals surface area (Å²) >= 11 is 0. The number of allylic oxidation sites excluding steroid dienone is 10. The highest BCUT2D eigenvalue weighted by atomic mass is 16.5. The number of ether oxygens (including phenoxy) is 1. The second-order valence-electron chi connectivity index (χ2n) is 13.7. The van der Waals surface area contributed by atoms with Crippen LogP contribution in [0.15, 0.2) is 102 Å². The van der Waals surface area contributed by atoms with E-state index in [4.69, 9.17) is 4.74 Å². The molecule has 0 saturated heterocycles. The molecule has 46 heavy (non-hydrogen) atoms. The molecule has 0 aliphatic rings. The SMILES string of the molecule is C=C[C@@](C)(CC/C=C(\C)CCC=C(C)C)c1ccc(Oc2cc([C@](C)(C=C)CC/C=C(\C)CCC=C(C)C)cc(O)c2O)c(O)c1. The Balaban J connectivity index is 2.23. The number of hydrogen-bond donors (Lipinski definition) is 3. The first kappa shape index (κ1) is 38.3. The standard InChI is InChI=1S/C42H58O4/c1-11-41(9,25-15-21-32(7)19-13-17-30(3)4)34-23-24-38(36(43)27-34)46-39-29-35(28-37(44)40(39)45)42(10,12-2)26-16-22-33(8)20-14-18-31(5)6/h11-12,17-18,21-24,27-29,43-45H,1-2,13-16,19-20,25-26H2,3-10H3/b32-21+,33-22+/t41-,42+/m0/s1. The molecular weight excluding hydrogens is 568 g/mol. The summed E-state index contributed by atoms with van der Waals surface area (Å²) in [7, 11) is 0. The highest BCUT2D eigenvalue weighted by Gasteiger charge is 2.27. The third-order valence-electron chi connectivity index (χ3n) is 8.95. The maximum absolute atomic E-state index is 11.0. The van der Waals surface area contributed by atoms with Gasteiger partial charge in [0.15, 0.2) is 23.0 Å². The van der Waals surface area contributed by atoms with Gasteiger partial charge >= 0.3 is 0 Å². The van der Waals surface area contributed by atoms with Crippen molar-refractivity contribution in [2.24, 2.45) is 0 Å². The van der Waals surface area contributed by atoms with Gasteiger partial charge in [-0.3, -0.25) is 0 Å². The van der Waals surface area contributed by atoms with Gasteiger partial charge in [0.25, 0.3) is 0 Å². The minimum atomic E-state index is -0.476. The summed E-state index contributed by atoms with van der Waals surface area (Å²) in [6.45, 7) is 25.2. The average molecular weight is 627 g/mol. The van der Waals surface area contributed by atoms with Gasteiger partial charge in [-0.2, -0.15) is 0 Å². The van der Waals surface area contributed by atoms with E-state index in [-0.39, 0.29) is 34.2 Å². The van der Waals surface area contributed by atoms with Gasteiger partial charge in [-0.25, -0.2) is 0 Å². The summed E-state index contributed by atoms with van der Waals surface area (Å²) in [4.78, 5) is 0. The van der Waals surface area contributed by atoms with Crippen LogP contribution in [0.3, 0.4) is 0 Å². The second kappa shape index (κ2) is 17.7. The smallest absolute Gasteiger partial charge is 0.201 e. The first-order valence-corrected chi connectivity index (χ1v) is 16.6. The molecule has 2 rings (SSSR count). The Morgan fingerprint density at radius 3 is 1.57 bits per heavy atom. The molecule has 0 aliphatic heterocycles. The van der Waals surface area contributed by atoms with Crippen molar-refractivity contribution in [3.63, 3.8) is 0 Å². The van der Waals surface area contributed by atoms with Gasteiger partial charge in [-0.1, -0.05) is 78.7 Å².